The minimum atomic E-state index is -4.77. The Morgan fingerprint density at radius 1 is 1.03 bits per heavy atom. The molecule has 0 bridgehead atoms. The first-order chi connectivity index (χ1) is 14.0. The second-order valence-electron chi connectivity index (χ2n) is 7.57. The Hall–Kier alpha value is -2.39. The van der Waals surface area contributed by atoms with Gasteiger partial charge in [0.25, 0.3) is 0 Å². The standard InChI is InChI=1S/C21H22F3NO4S/c1-20(19(26)15-16-7-9-17(10-8-16)29-21(22,23)24)11-13-25(14-12-20)30(27,28)18-5-3-2-4-6-18/h2-10H,11-15H2,1H3. The second-order valence-corrected chi connectivity index (χ2v) is 9.51. The molecule has 1 fully saturated rings. The van der Waals surface area contributed by atoms with Crippen LogP contribution in [0.25, 0.3) is 0 Å². The molecule has 162 valence electrons. The molecule has 0 atom stereocenters. The van der Waals surface area contributed by atoms with Crippen molar-refractivity contribution >= 4 is 15.8 Å². The maximum Gasteiger partial charge on any atom is 0.573 e. The van der Waals surface area contributed by atoms with E-state index in [2.05, 4.69) is 4.74 Å². The largest absolute Gasteiger partial charge is 0.573 e. The molecule has 0 spiro atoms. The third-order valence-corrected chi connectivity index (χ3v) is 7.31. The first-order valence-electron chi connectivity index (χ1n) is 9.43. The first-order valence-corrected chi connectivity index (χ1v) is 10.9. The van der Waals surface area contributed by atoms with Crippen molar-refractivity contribution in [2.45, 2.75) is 37.4 Å². The highest BCUT2D eigenvalue weighted by atomic mass is 32.2. The quantitative estimate of drug-likeness (QED) is 0.675. The Bertz CT molecular complexity index is 981. The van der Waals surface area contributed by atoms with Crippen LogP contribution in [0.4, 0.5) is 13.2 Å². The molecule has 0 amide bonds. The van der Waals surface area contributed by atoms with Gasteiger partial charge in [0.2, 0.25) is 10.0 Å². The van der Waals surface area contributed by atoms with Crippen molar-refractivity contribution in [3.63, 3.8) is 0 Å². The SMILES string of the molecule is CC1(C(=O)Cc2ccc(OC(F)(F)F)cc2)CCN(S(=O)(=O)c2ccccc2)CC1. The number of nitrogens with zero attached hydrogens (tertiary/aromatic N) is 1. The summed E-state index contributed by atoms with van der Waals surface area (Å²) in [4.78, 5) is 13.1. The van der Waals surface area contributed by atoms with Gasteiger partial charge in [-0.15, -0.1) is 13.2 Å². The molecule has 2 aromatic carbocycles. The van der Waals surface area contributed by atoms with Gasteiger partial charge < -0.3 is 4.74 Å². The van der Waals surface area contributed by atoms with Gasteiger partial charge in [-0.1, -0.05) is 37.3 Å². The van der Waals surface area contributed by atoms with Crippen LogP contribution in [0.1, 0.15) is 25.3 Å². The van der Waals surface area contributed by atoms with E-state index in [1.165, 1.54) is 28.6 Å². The Balaban J connectivity index is 1.61. The van der Waals surface area contributed by atoms with Crippen molar-refractivity contribution in [3.8, 4) is 5.75 Å². The molecular weight excluding hydrogens is 419 g/mol. The number of hydrogen-bond donors (Lipinski definition) is 0. The molecule has 0 N–H and O–H groups in total. The third kappa shape index (κ3) is 5.20. The lowest BCUT2D eigenvalue weighted by Crippen LogP contribution is -2.45. The summed E-state index contributed by atoms with van der Waals surface area (Å²) in [5.74, 6) is -0.409. The lowest BCUT2D eigenvalue weighted by Gasteiger charge is -2.37. The van der Waals surface area contributed by atoms with Crippen molar-refractivity contribution in [3.05, 3.63) is 60.2 Å². The molecular formula is C21H22F3NO4S. The fourth-order valence-electron chi connectivity index (χ4n) is 3.45. The topological polar surface area (TPSA) is 63.7 Å². The van der Waals surface area contributed by atoms with Gasteiger partial charge in [0.1, 0.15) is 11.5 Å². The summed E-state index contributed by atoms with van der Waals surface area (Å²) in [6, 6.07) is 13.4. The van der Waals surface area contributed by atoms with E-state index in [-0.39, 0.29) is 35.9 Å². The average molecular weight is 441 g/mol. The van der Waals surface area contributed by atoms with Gasteiger partial charge in [-0.05, 0) is 42.7 Å². The fraction of sp³-hybridized carbons (Fsp3) is 0.381. The van der Waals surface area contributed by atoms with Gasteiger partial charge in [-0.2, -0.15) is 4.31 Å². The number of Topliss-reactive ketones (excluding diaryl/α,β-unsaturated/α-hetero) is 1. The average Bonchev–Trinajstić information content (AvgIpc) is 2.69. The molecule has 0 aromatic heterocycles. The number of carbonyl (C=O) groups is 1. The number of sulfonamides is 1. The van der Waals surface area contributed by atoms with Gasteiger partial charge >= 0.3 is 6.36 Å². The van der Waals surface area contributed by atoms with E-state index in [4.69, 9.17) is 0 Å². The van der Waals surface area contributed by atoms with Gasteiger partial charge in [0.15, 0.2) is 0 Å². The highest BCUT2D eigenvalue weighted by Gasteiger charge is 2.39. The van der Waals surface area contributed by atoms with Gasteiger partial charge in [-0.25, -0.2) is 8.42 Å². The number of benzene rings is 2. The molecule has 0 aliphatic carbocycles. The van der Waals surface area contributed by atoms with Crippen LogP contribution in [0.15, 0.2) is 59.5 Å². The molecule has 3 rings (SSSR count). The number of halogens is 3. The molecule has 2 aromatic rings. The van der Waals surface area contributed by atoms with Crippen LogP contribution in [0, 0.1) is 5.41 Å². The van der Waals surface area contributed by atoms with Crippen LogP contribution >= 0.6 is 0 Å². The number of hydrogen-bond acceptors (Lipinski definition) is 4. The van der Waals surface area contributed by atoms with Crippen molar-refractivity contribution in [1.29, 1.82) is 0 Å². The number of carbonyl (C=O) groups excluding carboxylic acids is 1. The smallest absolute Gasteiger partial charge is 0.406 e. The lowest BCUT2D eigenvalue weighted by molar-refractivity contribution is -0.274. The molecule has 0 unspecified atom stereocenters. The van der Waals surface area contributed by atoms with Crippen LogP contribution in [-0.2, 0) is 21.2 Å². The second kappa shape index (κ2) is 8.39. The number of ketones is 1. The molecule has 0 radical (unpaired) electrons. The van der Waals surface area contributed by atoms with Crippen LogP contribution in [0.3, 0.4) is 0 Å². The van der Waals surface area contributed by atoms with Gasteiger partial charge in [0.05, 0.1) is 4.90 Å². The Morgan fingerprint density at radius 2 is 1.60 bits per heavy atom. The molecule has 9 heteroatoms. The predicted octanol–water partition coefficient (Wildman–Crippen LogP) is 4.19. The van der Waals surface area contributed by atoms with Crippen LogP contribution < -0.4 is 4.74 Å². The van der Waals surface area contributed by atoms with Crippen LogP contribution in [0.5, 0.6) is 5.75 Å². The summed E-state index contributed by atoms with van der Waals surface area (Å²) in [6.45, 7) is 2.28. The number of alkyl halides is 3. The molecule has 1 aliphatic heterocycles. The number of piperidine rings is 1. The Kier molecular flexibility index (Phi) is 6.24. The monoisotopic (exact) mass is 441 g/mol. The zero-order valence-electron chi connectivity index (χ0n) is 16.4. The Morgan fingerprint density at radius 3 is 2.13 bits per heavy atom. The van der Waals surface area contributed by atoms with Crippen molar-refractivity contribution in [2.24, 2.45) is 5.41 Å². The third-order valence-electron chi connectivity index (χ3n) is 5.40. The van der Waals surface area contributed by atoms with Crippen LogP contribution in [-0.4, -0.2) is 38.0 Å². The number of rotatable bonds is 6. The Labute approximate surface area is 173 Å². The van der Waals surface area contributed by atoms with Crippen molar-refractivity contribution in [2.75, 3.05) is 13.1 Å². The van der Waals surface area contributed by atoms with Gasteiger partial charge in [-0.3, -0.25) is 4.79 Å². The zero-order valence-corrected chi connectivity index (χ0v) is 17.2. The molecule has 1 saturated heterocycles. The molecule has 1 aliphatic rings. The zero-order chi connectivity index (χ0) is 22.0. The number of ether oxygens (including phenoxy) is 1. The lowest BCUT2D eigenvalue weighted by atomic mass is 9.75. The van der Waals surface area contributed by atoms with E-state index in [1.807, 2.05) is 6.92 Å². The normalized spacial score (nSPS) is 17.5. The summed E-state index contributed by atoms with van der Waals surface area (Å²) < 4.78 is 67.4. The molecule has 5 nitrogen and oxygen atoms in total. The van der Waals surface area contributed by atoms with E-state index < -0.39 is 21.8 Å². The first kappa shape index (κ1) is 22.3. The van der Waals surface area contributed by atoms with Crippen molar-refractivity contribution < 1.29 is 31.1 Å². The van der Waals surface area contributed by atoms with Crippen LogP contribution in [0.2, 0.25) is 0 Å². The summed E-state index contributed by atoms with van der Waals surface area (Å²) in [7, 11) is -3.60. The molecule has 1 heterocycles. The van der Waals surface area contributed by atoms with Gasteiger partial charge in [0, 0.05) is 24.9 Å². The maximum absolute atomic E-state index is 12.9. The van der Waals surface area contributed by atoms with E-state index in [0.717, 1.165) is 0 Å². The summed E-state index contributed by atoms with van der Waals surface area (Å²) >= 11 is 0. The van der Waals surface area contributed by atoms with Crippen molar-refractivity contribution in [1.82, 2.24) is 4.31 Å². The predicted molar refractivity (Wildman–Crippen MR) is 104 cm³/mol. The summed E-state index contributed by atoms with van der Waals surface area (Å²) in [5, 5.41) is 0. The molecule has 30 heavy (non-hydrogen) atoms. The maximum atomic E-state index is 12.9. The minimum Gasteiger partial charge on any atom is -0.406 e. The molecule has 0 saturated carbocycles. The minimum absolute atomic E-state index is 0.0637. The van der Waals surface area contributed by atoms with E-state index >= 15 is 0 Å². The summed E-state index contributed by atoms with van der Waals surface area (Å²) in [6.07, 6.45) is -3.94. The summed E-state index contributed by atoms with van der Waals surface area (Å²) in [5.41, 5.74) is -0.112. The highest BCUT2D eigenvalue weighted by molar-refractivity contribution is 7.89. The highest BCUT2D eigenvalue weighted by Crippen LogP contribution is 2.35. The van der Waals surface area contributed by atoms with E-state index in [0.29, 0.717) is 18.4 Å². The fourth-order valence-corrected chi connectivity index (χ4v) is 4.91. The van der Waals surface area contributed by atoms with E-state index in [9.17, 15) is 26.4 Å². The van der Waals surface area contributed by atoms with E-state index in [1.54, 1.807) is 30.3 Å².